The van der Waals surface area contributed by atoms with Crippen LogP contribution >= 0.6 is 0 Å². The van der Waals surface area contributed by atoms with E-state index in [1.54, 1.807) is 0 Å². The van der Waals surface area contributed by atoms with E-state index < -0.39 is 41.0 Å². The van der Waals surface area contributed by atoms with Crippen LogP contribution in [-0.2, 0) is 6.18 Å². The maximum absolute atomic E-state index is 13.8. The quantitative estimate of drug-likeness (QED) is 0.716. The van der Waals surface area contributed by atoms with Crippen molar-refractivity contribution in [3.8, 4) is 16.9 Å². The van der Waals surface area contributed by atoms with Gasteiger partial charge < -0.3 is 4.74 Å². The monoisotopic (exact) mass is 306 g/mol. The van der Waals surface area contributed by atoms with E-state index in [1.807, 2.05) is 0 Å². The summed E-state index contributed by atoms with van der Waals surface area (Å²) in [4.78, 5) is 0. The molecule has 0 amide bonds. The van der Waals surface area contributed by atoms with Crippen LogP contribution in [0.15, 0.2) is 42.5 Å². The molecule has 0 radical (unpaired) electrons. The Morgan fingerprint density at radius 1 is 0.905 bits per heavy atom. The van der Waals surface area contributed by atoms with Crippen LogP contribution < -0.4 is 4.74 Å². The summed E-state index contributed by atoms with van der Waals surface area (Å²) in [6.07, 6.45) is -4.69. The lowest BCUT2D eigenvalue weighted by Crippen LogP contribution is -2.08. The van der Waals surface area contributed by atoms with Gasteiger partial charge in [0.1, 0.15) is 11.6 Å². The molecule has 0 bridgehead atoms. The maximum Gasteiger partial charge on any atom is 0.417 e. The largest absolute Gasteiger partial charge is 0.435 e. The summed E-state index contributed by atoms with van der Waals surface area (Å²) < 4.78 is 80.8. The van der Waals surface area contributed by atoms with Gasteiger partial charge in [0.25, 0.3) is 0 Å². The smallest absolute Gasteiger partial charge is 0.417 e. The van der Waals surface area contributed by atoms with Crippen molar-refractivity contribution in [2.45, 2.75) is 12.8 Å². The van der Waals surface area contributed by atoms with Gasteiger partial charge >= 0.3 is 12.8 Å². The van der Waals surface area contributed by atoms with Crippen LogP contribution in [-0.4, -0.2) is 6.61 Å². The van der Waals surface area contributed by atoms with Crippen molar-refractivity contribution in [1.29, 1.82) is 0 Å². The topological polar surface area (TPSA) is 9.23 Å². The number of rotatable bonds is 3. The lowest BCUT2D eigenvalue weighted by Gasteiger charge is -2.14. The first-order valence-electron chi connectivity index (χ1n) is 5.70. The van der Waals surface area contributed by atoms with Crippen molar-refractivity contribution in [1.82, 2.24) is 0 Å². The van der Waals surface area contributed by atoms with Crippen molar-refractivity contribution >= 4 is 0 Å². The fourth-order valence-corrected chi connectivity index (χ4v) is 1.85. The molecule has 0 aliphatic heterocycles. The molecule has 0 saturated heterocycles. The maximum atomic E-state index is 13.8. The minimum atomic E-state index is -4.69. The third-order valence-corrected chi connectivity index (χ3v) is 2.69. The van der Waals surface area contributed by atoms with Crippen molar-refractivity contribution < 1.29 is 31.1 Å². The van der Waals surface area contributed by atoms with Gasteiger partial charge in [-0.05, 0) is 29.8 Å². The molecule has 0 heterocycles. The van der Waals surface area contributed by atoms with Gasteiger partial charge in [-0.1, -0.05) is 18.2 Å². The molecular formula is C14H8F6O. The zero-order valence-electron chi connectivity index (χ0n) is 10.3. The molecule has 0 N–H and O–H groups in total. The van der Waals surface area contributed by atoms with Crippen LogP contribution in [0.3, 0.4) is 0 Å². The Morgan fingerprint density at radius 3 is 2.19 bits per heavy atom. The van der Waals surface area contributed by atoms with Gasteiger partial charge in [-0.3, -0.25) is 0 Å². The van der Waals surface area contributed by atoms with Crippen molar-refractivity contribution in [2.24, 2.45) is 0 Å². The fraction of sp³-hybridized carbons (Fsp3) is 0.143. The number of halogens is 6. The van der Waals surface area contributed by atoms with E-state index in [0.717, 1.165) is 36.4 Å². The number of benzene rings is 2. The third kappa shape index (κ3) is 3.48. The van der Waals surface area contributed by atoms with E-state index in [0.29, 0.717) is 0 Å². The Bertz CT molecular complexity index is 636. The second-order valence-corrected chi connectivity index (χ2v) is 4.06. The summed E-state index contributed by atoms with van der Waals surface area (Å²) in [6, 6.07) is 6.81. The second-order valence-electron chi connectivity index (χ2n) is 4.06. The zero-order chi connectivity index (χ0) is 15.6. The molecule has 0 aliphatic carbocycles. The molecule has 0 aliphatic rings. The summed E-state index contributed by atoms with van der Waals surface area (Å²) in [6.45, 7) is -3.15. The third-order valence-electron chi connectivity index (χ3n) is 2.69. The van der Waals surface area contributed by atoms with Crippen LogP contribution in [0.5, 0.6) is 5.75 Å². The van der Waals surface area contributed by atoms with Crippen LogP contribution in [0.25, 0.3) is 11.1 Å². The molecule has 112 valence electrons. The van der Waals surface area contributed by atoms with E-state index >= 15 is 0 Å². The molecule has 0 fully saturated rings. The molecule has 1 nitrogen and oxygen atoms in total. The van der Waals surface area contributed by atoms with Gasteiger partial charge in [0, 0.05) is 5.56 Å². The first-order chi connectivity index (χ1) is 9.79. The average molecular weight is 306 g/mol. The molecule has 0 atom stereocenters. The molecule has 2 aromatic carbocycles. The Kier molecular flexibility index (Phi) is 4.11. The Balaban J connectivity index is 2.56. The van der Waals surface area contributed by atoms with Crippen molar-refractivity contribution in [2.75, 3.05) is 0 Å². The molecule has 2 aromatic rings. The molecule has 0 spiro atoms. The molecule has 2 rings (SSSR count). The second kappa shape index (κ2) is 5.67. The summed E-state index contributed by atoms with van der Waals surface area (Å²) in [7, 11) is 0. The minimum Gasteiger partial charge on any atom is -0.435 e. The van der Waals surface area contributed by atoms with E-state index in [2.05, 4.69) is 4.74 Å². The van der Waals surface area contributed by atoms with E-state index in [1.165, 1.54) is 6.07 Å². The predicted molar refractivity (Wildman–Crippen MR) is 63.5 cm³/mol. The van der Waals surface area contributed by atoms with Gasteiger partial charge in [-0.2, -0.15) is 22.0 Å². The first-order valence-corrected chi connectivity index (χ1v) is 5.70. The highest BCUT2D eigenvalue weighted by atomic mass is 19.4. The average Bonchev–Trinajstić information content (AvgIpc) is 2.39. The van der Waals surface area contributed by atoms with E-state index in [4.69, 9.17) is 0 Å². The normalized spacial score (nSPS) is 11.8. The Morgan fingerprint density at radius 2 is 1.57 bits per heavy atom. The molecule has 21 heavy (non-hydrogen) atoms. The number of ether oxygens (including phenoxy) is 1. The SMILES string of the molecule is Fc1ccc(OC(F)F)cc1-c1ccccc1C(F)(F)F. The van der Waals surface area contributed by atoms with Gasteiger partial charge in [-0.25, -0.2) is 4.39 Å². The van der Waals surface area contributed by atoms with Crippen molar-refractivity contribution in [3.05, 3.63) is 53.8 Å². The van der Waals surface area contributed by atoms with Gasteiger partial charge in [-0.15, -0.1) is 0 Å². The molecule has 0 unspecified atom stereocenters. The van der Waals surface area contributed by atoms with Crippen LogP contribution in [0.2, 0.25) is 0 Å². The highest BCUT2D eigenvalue weighted by molar-refractivity contribution is 5.70. The molecule has 0 saturated carbocycles. The van der Waals surface area contributed by atoms with Crippen LogP contribution in [0.4, 0.5) is 26.3 Å². The summed E-state index contributed by atoms with van der Waals surface area (Å²) in [5.74, 6) is -1.38. The highest BCUT2D eigenvalue weighted by Crippen LogP contribution is 2.38. The number of hydrogen-bond donors (Lipinski definition) is 0. The number of hydrogen-bond acceptors (Lipinski definition) is 1. The van der Waals surface area contributed by atoms with Crippen LogP contribution in [0.1, 0.15) is 5.56 Å². The first kappa shape index (κ1) is 15.2. The van der Waals surface area contributed by atoms with Crippen LogP contribution in [0, 0.1) is 5.82 Å². The predicted octanol–water partition coefficient (Wildman–Crippen LogP) is 5.11. The lowest BCUT2D eigenvalue weighted by molar-refractivity contribution is -0.137. The summed E-state index contributed by atoms with van der Waals surface area (Å²) in [5.41, 5.74) is -1.96. The molecule has 0 aromatic heterocycles. The number of alkyl halides is 5. The summed E-state index contributed by atoms with van der Waals surface area (Å²) >= 11 is 0. The highest BCUT2D eigenvalue weighted by Gasteiger charge is 2.33. The van der Waals surface area contributed by atoms with E-state index in [-0.39, 0.29) is 0 Å². The molecule has 7 heteroatoms. The minimum absolute atomic E-state index is 0.418. The van der Waals surface area contributed by atoms with Gasteiger partial charge in [0.2, 0.25) is 0 Å². The fourth-order valence-electron chi connectivity index (χ4n) is 1.85. The van der Waals surface area contributed by atoms with Gasteiger partial charge in [0.15, 0.2) is 0 Å². The van der Waals surface area contributed by atoms with Crippen molar-refractivity contribution in [3.63, 3.8) is 0 Å². The molecular weight excluding hydrogens is 298 g/mol. The zero-order valence-corrected chi connectivity index (χ0v) is 10.3. The standard InChI is InChI=1S/C14H8F6O/c15-12-6-5-8(21-13(16)17)7-10(12)9-3-1-2-4-11(9)14(18,19)20/h1-7,13H. The lowest BCUT2D eigenvalue weighted by atomic mass is 9.98. The Labute approximate surface area is 115 Å². The Hall–Kier alpha value is -2.18. The van der Waals surface area contributed by atoms with Gasteiger partial charge in [0.05, 0.1) is 5.56 Å². The summed E-state index contributed by atoms with van der Waals surface area (Å²) in [5, 5.41) is 0. The van der Waals surface area contributed by atoms with E-state index in [9.17, 15) is 26.3 Å².